The van der Waals surface area contributed by atoms with Crippen molar-refractivity contribution >= 4 is 28.6 Å². The number of aryl methyl sites for hydroxylation is 1. The number of aromatic nitrogens is 1. The Hall–Kier alpha value is -1.55. The Morgan fingerprint density at radius 1 is 1.42 bits per heavy atom. The molecule has 0 bridgehead atoms. The molecule has 0 aliphatic carbocycles. The summed E-state index contributed by atoms with van der Waals surface area (Å²) in [5, 5.41) is 1.76. The van der Waals surface area contributed by atoms with E-state index in [0.29, 0.717) is 6.61 Å². The molecule has 19 heavy (non-hydrogen) atoms. The molecular weight excluding hydrogens is 258 g/mol. The first-order valence-corrected chi connectivity index (χ1v) is 7.19. The van der Waals surface area contributed by atoms with E-state index in [2.05, 4.69) is 18.0 Å². The number of pyridine rings is 1. The highest BCUT2D eigenvalue weighted by molar-refractivity contribution is 8.00. The summed E-state index contributed by atoms with van der Waals surface area (Å²) in [7, 11) is 0. The van der Waals surface area contributed by atoms with Crippen molar-refractivity contribution in [3.8, 4) is 0 Å². The zero-order valence-corrected chi connectivity index (χ0v) is 12.2. The smallest absolute Gasteiger partial charge is 0.319 e. The van der Waals surface area contributed by atoms with Crippen molar-refractivity contribution in [3.05, 3.63) is 35.9 Å². The number of esters is 1. The van der Waals surface area contributed by atoms with Crippen LogP contribution in [0.25, 0.3) is 10.9 Å². The minimum atomic E-state index is -0.243. The molecule has 0 saturated heterocycles. The Labute approximate surface area is 117 Å². The monoisotopic (exact) mass is 275 g/mol. The number of nitrogens with zero attached hydrogens (tertiary/aromatic N) is 1. The van der Waals surface area contributed by atoms with Crippen molar-refractivity contribution in [1.82, 2.24) is 4.98 Å². The molecule has 1 heterocycles. The summed E-state index contributed by atoms with van der Waals surface area (Å²) in [6, 6.07) is 10.0. The van der Waals surface area contributed by atoms with Gasteiger partial charge >= 0.3 is 5.97 Å². The summed E-state index contributed by atoms with van der Waals surface area (Å²) < 4.78 is 5.01. The third-order valence-electron chi connectivity index (χ3n) is 2.82. The van der Waals surface area contributed by atoms with Crippen molar-refractivity contribution in [2.75, 3.05) is 6.61 Å². The number of ether oxygens (including phenoxy) is 1. The van der Waals surface area contributed by atoms with E-state index in [1.807, 2.05) is 38.1 Å². The predicted octanol–water partition coefficient (Wildman–Crippen LogP) is 3.59. The van der Waals surface area contributed by atoms with Gasteiger partial charge in [-0.1, -0.05) is 30.0 Å². The molecule has 1 aromatic carbocycles. The Bertz CT molecular complexity index is 598. The Morgan fingerprint density at radius 2 is 2.16 bits per heavy atom. The van der Waals surface area contributed by atoms with E-state index in [9.17, 15) is 4.79 Å². The molecule has 0 aliphatic heterocycles. The fourth-order valence-electron chi connectivity index (χ4n) is 1.87. The van der Waals surface area contributed by atoms with Gasteiger partial charge in [0.05, 0.1) is 17.1 Å². The lowest BCUT2D eigenvalue weighted by atomic mass is 10.1. The molecule has 0 radical (unpaired) electrons. The summed E-state index contributed by atoms with van der Waals surface area (Å²) in [5.74, 6) is -0.194. The normalized spacial score (nSPS) is 12.4. The van der Waals surface area contributed by atoms with Crippen molar-refractivity contribution < 1.29 is 9.53 Å². The number of para-hydroxylation sites is 1. The summed E-state index contributed by atoms with van der Waals surface area (Å²) >= 11 is 1.43. The van der Waals surface area contributed by atoms with E-state index in [4.69, 9.17) is 4.74 Å². The Balaban J connectivity index is 2.24. The fraction of sp³-hybridized carbons (Fsp3) is 0.333. The average molecular weight is 275 g/mol. The molecule has 0 amide bonds. The van der Waals surface area contributed by atoms with Gasteiger partial charge in [0, 0.05) is 5.39 Å². The lowest BCUT2D eigenvalue weighted by molar-refractivity contribution is -0.142. The van der Waals surface area contributed by atoms with Crippen LogP contribution in [0, 0.1) is 6.92 Å². The molecule has 0 fully saturated rings. The van der Waals surface area contributed by atoms with Crippen molar-refractivity contribution in [2.45, 2.75) is 31.0 Å². The maximum atomic E-state index is 11.6. The summed E-state index contributed by atoms with van der Waals surface area (Å²) in [5.41, 5.74) is 2.13. The van der Waals surface area contributed by atoms with E-state index >= 15 is 0 Å². The second kappa shape index (κ2) is 6.06. The third kappa shape index (κ3) is 3.26. The van der Waals surface area contributed by atoms with Gasteiger partial charge in [0.1, 0.15) is 5.25 Å². The van der Waals surface area contributed by atoms with Crippen LogP contribution in [0.3, 0.4) is 0 Å². The minimum Gasteiger partial charge on any atom is -0.465 e. The van der Waals surface area contributed by atoms with Gasteiger partial charge in [-0.05, 0) is 38.5 Å². The van der Waals surface area contributed by atoms with Crippen LogP contribution < -0.4 is 0 Å². The summed E-state index contributed by atoms with van der Waals surface area (Å²) in [4.78, 5) is 16.2. The first kappa shape index (κ1) is 13.9. The molecule has 0 saturated carbocycles. The summed E-state index contributed by atoms with van der Waals surface area (Å²) in [6.07, 6.45) is 0. The van der Waals surface area contributed by atoms with Crippen molar-refractivity contribution in [2.24, 2.45) is 0 Å². The molecule has 3 nitrogen and oxygen atoms in total. The van der Waals surface area contributed by atoms with Gasteiger partial charge in [0.2, 0.25) is 0 Å². The highest BCUT2D eigenvalue weighted by Crippen LogP contribution is 2.26. The number of rotatable bonds is 4. The number of hydrogen-bond donors (Lipinski definition) is 0. The molecule has 2 rings (SSSR count). The van der Waals surface area contributed by atoms with Gasteiger partial charge in [0.15, 0.2) is 0 Å². The van der Waals surface area contributed by atoms with Crippen LogP contribution >= 0.6 is 11.8 Å². The molecule has 0 unspecified atom stereocenters. The molecule has 0 spiro atoms. The van der Waals surface area contributed by atoms with E-state index in [1.54, 1.807) is 0 Å². The number of carbonyl (C=O) groups is 1. The standard InChI is InChI=1S/C15H17NO2S/c1-4-18-15(17)11(3)19-14-9-10(2)12-7-5-6-8-13(12)16-14/h5-9,11H,4H2,1-3H3/t11-/m0/s1. The van der Waals surface area contributed by atoms with Gasteiger partial charge in [-0.2, -0.15) is 0 Å². The highest BCUT2D eigenvalue weighted by atomic mass is 32.2. The predicted molar refractivity (Wildman–Crippen MR) is 78.4 cm³/mol. The minimum absolute atomic E-state index is 0.194. The zero-order valence-electron chi connectivity index (χ0n) is 11.3. The van der Waals surface area contributed by atoms with Crippen LogP contribution in [-0.2, 0) is 9.53 Å². The van der Waals surface area contributed by atoms with E-state index in [-0.39, 0.29) is 11.2 Å². The second-order valence-corrected chi connectivity index (χ2v) is 5.67. The van der Waals surface area contributed by atoms with Crippen LogP contribution in [0.5, 0.6) is 0 Å². The average Bonchev–Trinajstić information content (AvgIpc) is 2.39. The Kier molecular flexibility index (Phi) is 4.43. The number of carbonyl (C=O) groups excluding carboxylic acids is 1. The number of benzene rings is 1. The zero-order chi connectivity index (χ0) is 13.8. The fourth-order valence-corrected chi connectivity index (χ4v) is 2.79. The molecule has 100 valence electrons. The Morgan fingerprint density at radius 3 is 2.89 bits per heavy atom. The van der Waals surface area contributed by atoms with Crippen LogP contribution in [0.2, 0.25) is 0 Å². The molecule has 0 N–H and O–H groups in total. The first-order valence-electron chi connectivity index (χ1n) is 6.31. The maximum absolute atomic E-state index is 11.6. The first-order chi connectivity index (χ1) is 9.11. The van der Waals surface area contributed by atoms with E-state index in [1.165, 1.54) is 17.3 Å². The van der Waals surface area contributed by atoms with Crippen LogP contribution in [0.1, 0.15) is 19.4 Å². The SMILES string of the molecule is CCOC(=O)[C@H](C)Sc1cc(C)c2ccccc2n1. The molecule has 1 aromatic heterocycles. The number of hydrogen-bond acceptors (Lipinski definition) is 4. The van der Waals surface area contributed by atoms with Crippen molar-refractivity contribution in [1.29, 1.82) is 0 Å². The lowest BCUT2D eigenvalue weighted by Crippen LogP contribution is -2.16. The van der Waals surface area contributed by atoms with Gasteiger partial charge in [-0.3, -0.25) is 4.79 Å². The van der Waals surface area contributed by atoms with Gasteiger partial charge in [-0.25, -0.2) is 4.98 Å². The summed E-state index contributed by atoms with van der Waals surface area (Å²) in [6.45, 7) is 6.12. The van der Waals surface area contributed by atoms with Gasteiger partial charge in [-0.15, -0.1) is 0 Å². The highest BCUT2D eigenvalue weighted by Gasteiger charge is 2.16. The van der Waals surface area contributed by atoms with E-state index < -0.39 is 0 Å². The van der Waals surface area contributed by atoms with Gasteiger partial charge < -0.3 is 4.74 Å². The third-order valence-corrected chi connectivity index (χ3v) is 3.81. The largest absolute Gasteiger partial charge is 0.465 e. The topological polar surface area (TPSA) is 39.2 Å². The number of thioether (sulfide) groups is 1. The van der Waals surface area contributed by atoms with Crippen molar-refractivity contribution in [3.63, 3.8) is 0 Å². The van der Waals surface area contributed by atoms with Crippen LogP contribution in [-0.4, -0.2) is 22.8 Å². The quantitative estimate of drug-likeness (QED) is 0.631. The van der Waals surface area contributed by atoms with Crippen LogP contribution in [0.15, 0.2) is 35.4 Å². The lowest BCUT2D eigenvalue weighted by Gasteiger charge is -2.11. The molecule has 4 heteroatoms. The second-order valence-electron chi connectivity index (χ2n) is 4.31. The molecule has 0 aliphatic rings. The van der Waals surface area contributed by atoms with Gasteiger partial charge in [0.25, 0.3) is 0 Å². The number of fused-ring (bicyclic) bond motifs is 1. The van der Waals surface area contributed by atoms with Crippen LogP contribution in [0.4, 0.5) is 0 Å². The molecule has 1 atom stereocenters. The molecule has 2 aromatic rings. The van der Waals surface area contributed by atoms with E-state index in [0.717, 1.165) is 15.9 Å². The molecular formula is C15H17NO2S. The maximum Gasteiger partial charge on any atom is 0.319 e.